The molecule has 0 atom stereocenters. The Labute approximate surface area is 176 Å². The number of hydrogen-bond acceptors (Lipinski definition) is 8. The van der Waals surface area contributed by atoms with Crippen LogP contribution in [0.4, 0.5) is 10.9 Å². The zero-order chi connectivity index (χ0) is 20.2. The topological polar surface area (TPSA) is 83.9 Å². The minimum atomic E-state index is -0.0868. The van der Waals surface area contributed by atoms with E-state index in [9.17, 15) is 4.79 Å². The van der Waals surface area contributed by atoms with Crippen LogP contribution in [-0.2, 0) is 11.2 Å². The first-order valence-corrected chi connectivity index (χ1v) is 10.9. The van der Waals surface area contributed by atoms with Gasteiger partial charge in [-0.15, -0.1) is 21.5 Å². The van der Waals surface area contributed by atoms with E-state index >= 15 is 0 Å². The first-order chi connectivity index (χ1) is 14.1. The summed E-state index contributed by atoms with van der Waals surface area (Å²) >= 11 is 3.05. The van der Waals surface area contributed by atoms with Crippen molar-refractivity contribution in [3.8, 4) is 10.4 Å². The maximum Gasteiger partial charge on any atom is 0.227 e. The fraction of sp³-hybridized carbons (Fsp3) is 0.250. The Balaban J connectivity index is 1.46. The quantitative estimate of drug-likeness (QED) is 0.478. The molecule has 0 spiro atoms. The summed E-state index contributed by atoms with van der Waals surface area (Å²) in [6, 6.07) is 12.4. The van der Waals surface area contributed by atoms with Crippen LogP contribution in [0.2, 0.25) is 0 Å². The molecule has 0 saturated heterocycles. The van der Waals surface area contributed by atoms with Crippen LogP contribution in [0.15, 0.2) is 42.7 Å². The monoisotopic (exact) mass is 424 g/mol. The Morgan fingerprint density at radius 1 is 1.14 bits per heavy atom. The molecule has 1 amide bonds. The second-order valence-corrected chi connectivity index (χ2v) is 8.56. The fourth-order valence-corrected chi connectivity index (χ4v) is 4.59. The van der Waals surface area contributed by atoms with Gasteiger partial charge in [-0.25, -0.2) is 9.97 Å². The molecule has 9 heteroatoms. The zero-order valence-corrected chi connectivity index (χ0v) is 17.8. The number of carbonyl (C=O) groups is 1. The molecule has 4 rings (SSSR count). The lowest BCUT2D eigenvalue weighted by Crippen LogP contribution is -2.24. The highest BCUT2D eigenvalue weighted by atomic mass is 32.1. The van der Waals surface area contributed by atoms with Gasteiger partial charge in [0.2, 0.25) is 11.0 Å². The molecule has 3 heterocycles. The van der Waals surface area contributed by atoms with E-state index in [1.807, 2.05) is 37.1 Å². The second-order valence-electron chi connectivity index (χ2n) is 6.47. The number of nitrogens with zero attached hydrogens (tertiary/aromatic N) is 5. The van der Waals surface area contributed by atoms with Crippen LogP contribution in [0.25, 0.3) is 20.7 Å². The van der Waals surface area contributed by atoms with E-state index in [4.69, 9.17) is 0 Å². The lowest BCUT2D eigenvalue weighted by atomic mass is 10.2. The van der Waals surface area contributed by atoms with Crippen molar-refractivity contribution in [2.75, 3.05) is 23.8 Å². The number of rotatable bonds is 7. The van der Waals surface area contributed by atoms with E-state index in [0.29, 0.717) is 18.1 Å². The maximum absolute atomic E-state index is 12.3. The summed E-state index contributed by atoms with van der Waals surface area (Å²) in [7, 11) is 1.94. The normalized spacial score (nSPS) is 11.0. The van der Waals surface area contributed by atoms with Crippen molar-refractivity contribution in [2.24, 2.45) is 0 Å². The number of carbonyl (C=O) groups excluding carboxylic acids is 1. The van der Waals surface area contributed by atoms with Crippen molar-refractivity contribution in [1.82, 2.24) is 20.2 Å². The molecule has 0 aliphatic heterocycles. The molecule has 4 aromatic rings. The van der Waals surface area contributed by atoms with Crippen LogP contribution in [-0.4, -0.2) is 39.7 Å². The molecular formula is C20H20N6OS2. The molecule has 0 fully saturated rings. The van der Waals surface area contributed by atoms with Gasteiger partial charge in [0.05, 0.1) is 5.39 Å². The number of hydrogen-bond donors (Lipinski definition) is 1. The third-order valence-electron chi connectivity index (χ3n) is 4.42. The molecule has 0 radical (unpaired) electrons. The van der Waals surface area contributed by atoms with Crippen molar-refractivity contribution in [1.29, 1.82) is 0 Å². The van der Waals surface area contributed by atoms with E-state index in [2.05, 4.69) is 43.7 Å². The van der Waals surface area contributed by atoms with Gasteiger partial charge in [0.25, 0.3) is 0 Å². The molecule has 0 aliphatic rings. The van der Waals surface area contributed by atoms with Gasteiger partial charge in [0.15, 0.2) is 0 Å². The minimum Gasteiger partial charge on any atom is -0.359 e. The summed E-state index contributed by atoms with van der Waals surface area (Å²) < 4.78 is 0. The molecular weight excluding hydrogens is 404 g/mol. The lowest BCUT2D eigenvalue weighted by molar-refractivity contribution is -0.116. The van der Waals surface area contributed by atoms with Crippen molar-refractivity contribution in [2.45, 2.75) is 19.8 Å². The first-order valence-electron chi connectivity index (χ1n) is 9.27. The van der Waals surface area contributed by atoms with E-state index in [1.54, 1.807) is 17.7 Å². The molecule has 0 saturated carbocycles. The number of aromatic nitrogens is 4. The maximum atomic E-state index is 12.3. The van der Waals surface area contributed by atoms with Crippen LogP contribution in [0.5, 0.6) is 0 Å². The summed E-state index contributed by atoms with van der Waals surface area (Å²) in [6.07, 6.45) is 2.72. The van der Waals surface area contributed by atoms with Gasteiger partial charge >= 0.3 is 0 Å². The van der Waals surface area contributed by atoms with Gasteiger partial charge in [0, 0.05) is 24.9 Å². The van der Waals surface area contributed by atoms with Gasteiger partial charge in [-0.3, -0.25) is 4.79 Å². The van der Waals surface area contributed by atoms with E-state index < -0.39 is 0 Å². The first kappa shape index (κ1) is 19.4. The number of aryl methyl sites for hydroxylation is 1. The highest BCUT2D eigenvalue weighted by molar-refractivity contribution is 7.21. The molecule has 3 aromatic heterocycles. The summed E-state index contributed by atoms with van der Waals surface area (Å²) in [6.45, 7) is 2.55. The van der Waals surface area contributed by atoms with Gasteiger partial charge < -0.3 is 10.2 Å². The average Bonchev–Trinajstić information content (AvgIpc) is 3.39. The minimum absolute atomic E-state index is 0.0868. The fourth-order valence-electron chi connectivity index (χ4n) is 2.90. The highest BCUT2D eigenvalue weighted by Gasteiger charge is 2.15. The number of fused-ring (bicyclic) bond motifs is 1. The predicted molar refractivity (Wildman–Crippen MR) is 119 cm³/mol. The molecule has 0 unspecified atom stereocenters. The Morgan fingerprint density at radius 3 is 2.72 bits per heavy atom. The van der Waals surface area contributed by atoms with Crippen LogP contribution in [0.1, 0.15) is 18.4 Å². The van der Waals surface area contributed by atoms with E-state index in [-0.39, 0.29) is 5.91 Å². The summed E-state index contributed by atoms with van der Waals surface area (Å²) in [5, 5.41) is 13.3. The number of thiophene rings is 1. The Hall–Kier alpha value is -2.91. The standard InChI is InChI=1S/C20H20N6OS2/c1-3-17-24-25-20(29-17)23-16(27)9-10-26(2)18-14-11-15(13-7-5-4-6-8-13)28-19(14)22-12-21-18/h4-8,11-12H,3,9-10H2,1-2H3,(H,23,25,27). The van der Waals surface area contributed by atoms with E-state index in [1.165, 1.54) is 11.3 Å². The van der Waals surface area contributed by atoms with Gasteiger partial charge in [0.1, 0.15) is 22.0 Å². The molecule has 7 nitrogen and oxygen atoms in total. The van der Waals surface area contributed by atoms with E-state index in [0.717, 1.165) is 37.9 Å². The average molecular weight is 425 g/mol. The van der Waals surface area contributed by atoms with Crippen LogP contribution >= 0.6 is 22.7 Å². The van der Waals surface area contributed by atoms with Gasteiger partial charge in [-0.1, -0.05) is 48.6 Å². The summed E-state index contributed by atoms with van der Waals surface area (Å²) in [5.41, 5.74) is 1.16. The molecule has 1 N–H and O–H groups in total. The lowest BCUT2D eigenvalue weighted by Gasteiger charge is -2.18. The van der Waals surface area contributed by atoms with Crippen LogP contribution < -0.4 is 10.2 Å². The molecule has 1 aromatic carbocycles. The smallest absolute Gasteiger partial charge is 0.227 e. The van der Waals surface area contributed by atoms with Crippen LogP contribution in [0.3, 0.4) is 0 Å². The highest BCUT2D eigenvalue weighted by Crippen LogP contribution is 2.35. The Bertz CT molecular complexity index is 1120. The Morgan fingerprint density at radius 2 is 1.97 bits per heavy atom. The molecule has 29 heavy (non-hydrogen) atoms. The van der Waals surface area contributed by atoms with Crippen molar-refractivity contribution in [3.05, 3.63) is 47.7 Å². The predicted octanol–water partition coefficient (Wildman–Crippen LogP) is 4.24. The molecule has 0 aliphatic carbocycles. The van der Waals surface area contributed by atoms with Gasteiger partial charge in [-0.2, -0.15) is 0 Å². The van der Waals surface area contributed by atoms with Crippen molar-refractivity contribution < 1.29 is 4.79 Å². The number of anilines is 2. The molecule has 0 bridgehead atoms. The van der Waals surface area contributed by atoms with Gasteiger partial charge in [-0.05, 0) is 18.1 Å². The Kier molecular flexibility index (Phi) is 5.77. The van der Waals surface area contributed by atoms with Crippen molar-refractivity contribution >= 4 is 49.7 Å². The number of amides is 1. The summed E-state index contributed by atoms with van der Waals surface area (Å²) in [5.74, 6) is 0.738. The third-order valence-corrected chi connectivity index (χ3v) is 6.49. The molecule has 148 valence electrons. The number of benzene rings is 1. The SMILES string of the molecule is CCc1nnc(NC(=O)CCN(C)c2ncnc3sc(-c4ccccc4)cc23)s1. The summed E-state index contributed by atoms with van der Waals surface area (Å²) in [4.78, 5) is 25.2. The number of nitrogens with one attached hydrogen (secondary N) is 1. The van der Waals surface area contributed by atoms with Crippen molar-refractivity contribution in [3.63, 3.8) is 0 Å². The third kappa shape index (κ3) is 4.41. The largest absolute Gasteiger partial charge is 0.359 e. The second kappa shape index (κ2) is 8.62. The van der Waals surface area contributed by atoms with Crippen LogP contribution in [0, 0.1) is 0 Å². The zero-order valence-electron chi connectivity index (χ0n) is 16.1.